The van der Waals surface area contributed by atoms with Crippen molar-refractivity contribution in [2.24, 2.45) is 5.92 Å². The number of ether oxygens (including phenoxy) is 1. The third kappa shape index (κ3) is 5.35. The van der Waals surface area contributed by atoms with Crippen LogP contribution >= 0.6 is 11.3 Å². The van der Waals surface area contributed by atoms with Crippen LogP contribution in [-0.2, 0) is 9.53 Å². The Morgan fingerprint density at radius 2 is 2.26 bits per heavy atom. The predicted octanol–water partition coefficient (Wildman–Crippen LogP) is 2.59. The van der Waals surface area contributed by atoms with Gasteiger partial charge in [0.15, 0.2) is 17.4 Å². The van der Waals surface area contributed by atoms with Crippen LogP contribution in [0.25, 0.3) is 0 Å². The summed E-state index contributed by atoms with van der Waals surface area (Å²) in [6.45, 7) is 6.04. The van der Waals surface area contributed by atoms with E-state index in [9.17, 15) is 9.59 Å². The Morgan fingerprint density at radius 3 is 3.00 bits per heavy atom. The van der Waals surface area contributed by atoms with Gasteiger partial charge < -0.3 is 15.4 Å². The summed E-state index contributed by atoms with van der Waals surface area (Å²) in [5.41, 5.74) is 0.209. The predicted molar refractivity (Wildman–Crippen MR) is 90.6 cm³/mol. The van der Waals surface area contributed by atoms with Crippen molar-refractivity contribution in [2.45, 2.75) is 38.6 Å². The Balaban J connectivity index is 1.75. The maximum absolute atomic E-state index is 11.9. The summed E-state index contributed by atoms with van der Waals surface area (Å²) >= 11 is 1.31. The summed E-state index contributed by atoms with van der Waals surface area (Å²) in [4.78, 5) is 27.9. The van der Waals surface area contributed by atoms with E-state index in [4.69, 9.17) is 4.74 Å². The van der Waals surface area contributed by atoms with E-state index < -0.39 is 5.97 Å². The molecule has 1 saturated carbocycles. The van der Waals surface area contributed by atoms with Crippen molar-refractivity contribution >= 4 is 28.3 Å². The molecule has 1 aliphatic carbocycles. The molecule has 0 radical (unpaired) electrons. The standard InChI is InChI=1S/C16H23N3O3S/c1-3-8-17-16-19-13(10-23-16)15(21)22-9-14(20)18-12-7-5-4-6-11(12)2/h3,10-12H,1,4-9H2,2H3,(H,17,19)(H,18,20)/t11-,12-/m1/s1. The van der Waals surface area contributed by atoms with Gasteiger partial charge in [-0.15, -0.1) is 17.9 Å². The van der Waals surface area contributed by atoms with E-state index in [0.29, 0.717) is 17.6 Å². The number of nitrogens with zero attached hydrogens (tertiary/aromatic N) is 1. The van der Waals surface area contributed by atoms with Gasteiger partial charge in [0.05, 0.1) is 0 Å². The van der Waals surface area contributed by atoms with E-state index in [1.165, 1.54) is 17.8 Å². The Labute approximate surface area is 140 Å². The molecular formula is C16H23N3O3S. The maximum atomic E-state index is 11.9. The number of nitrogens with one attached hydrogen (secondary N) is 2. The summed E-state index contributed by atoms with van der Waals surface area (Å²) in [5.74, 6) is -0.363. The summed E-state index contributed by atoms with van der Waals surface area (Å²) in [7, 11) is 0. The summed E-state index contributed by atoms with van der Waals surface area (Å²) < 4.78 is 5.03. The lowest BCUT2D eigenvalue weighted by atomic mass is 9.86. The van der Waals surface area contributed by atoms with Gasteiger partial charge in [0, 0.05) is 18.0 Å². The Bertz CT molecular complexity index is 559. The molecule has 0 unspecified atom stereocenters. The molecule has 23 heavy (non-hydrogen) atoms. The first-order valence-corrected chi connectivity index (χ1v) is 8.75. The molecule has 1 fully saturated rings. The molecule has 1 heterocycles. The molecule has 0 spiro atoms. The van der Waals surface area contributed by atoms with Crippen LogP contribution in [-0.4, -0.2) is 36.1 Å². The zero-order valence-electron chi connectivity index (χ0n) is 13.3. The molecule has 7 heteroatoms. The molecular weight excluding hydrogens is 314 g/mol. The smallest absolute Gasteiger partial charge is 0.358 e. The molecule has 2 atom stereocenters. The normalized spacial score (nSPS) is 20.6. The number of anilines is 1. The van der Waals surface area contributed by atoms with Crippen molar-refractivity contribution in [3.05, 3.63) is 23.7 Å². The van der Waals surface area contributed by atoms with Gasteiger partial charge in [-0.1, -0.05) is 25.8 Å². The Morgan fingerprint density at radius 1 is 1.48 bits per heavy atom. The summed E-state index contributed by atoms with van der Waals surface area (Å²) in [5, 5.41) is 8.18. The number of aromatic nitrogens is 1. The zero-order valence-corrected chi connectivity index (χ0v) is 14.2. The first-order valence-electron chi connectivity index (χ1n) is 7.87. The van der Waals surface area contributed by atoms with Crippen molar-refractivity contribution < 1.29 is 14.3 Å². The van der Waals surface area contributed by atoms with E-state index in [-0.39, 0.29) is 24.2 Å². The summed E-state index contributed by atoms with van der Waals surface area (Å²) in [6.07, 6.45) is 6.17. The number of rotatable bonds is 7. The summed E-state index contributed by atoms with van der Waals surface area (Å²) in [6, 6.07) is 0.184. The molecule has 2 rings (SSSR count). The minimum Gasteiger partial charge on any atom is -0.451 e. The van der Waals surface area contributed by atoms with Crippen molar-refractivity contribution in [3.8, 4) is 0 Å². The lowest BCUT2D eigenvalue weighted by Crippen LogP contribution is -2.42. The van der Waals surface area contributed by atoms with Crippen LogP contribution in [0.15, 0.2) is 18.0 Å². The first-order chi connectivity index (χ1) is 11.1. The highest BCUT2D eigenvalue weighted by atomic mass is 32.1. The number of hydrogen-bond acceptors (Lipinski definition) is 6. The Hall–Kier alpha value is -1.89. The van der Waals surface area contributed by atoms with Gasteiger partial charge >= 0.3 is 5.97 Å². The van der Waals surface area contributed by atoms with Crippen molar-refractivity contribution in [3.63, 3.8) is 0 Å². The average molecular weight is 337 g/mol. The van der Waals surface area contributed by atoms with E-state index in [1.807, 2.05) is 0 Å². The lowest BCUT2D eigenvalue weighted by Gasteiger charge is -2.29. The van der Waals surface area contributed by atoms with Gasteiger partial charge in [0.1, 0.15) is 0 Å². The van der Waals surface area contributed by atoms with Gasteiger partial charge in [-0.3, -0.25) is 4.79 Å². The van der Waals surface area contributed by atoms with Gasteiger partial charge in [0.2, 0.25) is 0 Å². The van der Waals surface area contributed by atoms with Gasteiger partial charge in [-0.05, 0) is 18.8 Å². The second kappa shape index (κ2) is 8.67. The SMILES string of the molecule is C=CCNc1nc(C(=O)OCC(=O)N[C@@H]2CCCC[C@H]2C)cs1. The zero-order chi connectivity index (χ0) is 16.7. The fourth-order valence-electron chi connectivity index (χ4n) is 2.59. The van der Waals surface area contributed by atoms with Gasteiger partial charge in [0.25, 0.3) is 5.91 Å². The fourth-order valence-corrected chi connectivity index (χ4v) is 3.28. The highest BCUT2D eigenvalue weighted by molar-refractivity contribution is 7.13. The van der Waals surface area contributed by atoms with Crippen molar-refractivity contribution in [2.75, 3.05) is 18.5 Å². The molecule has 0 aliphatic heterocycles. The number of hydrogen-bond donors (Lipinski definition) is 2. The van der Waals surface area contributed by atoms with Crippen molar-refractivity contribution in [1.29, 1.82) is 0 Å². The molecule has 0 bridgehead atoms. The van der Waals surface area contributed by atoms with Crippen LogP contribution in [0, 0.1) is 5.92 Å². The second-order valence-electron chi connectivity index (χ2n) is 5.72. The van der Waals surface area contributed by atoms with Crippen molar-refractivity contribution in [1.82, 2.24) is 10.3 Å². The molecule has 126 valence electrons. The van der Waals surface area contributed by atoms with Crippen LogP contribution in [0.2, 0.25) is 0 Å². The topological polar surface area (TPSA) is 80.3 Å². The van der Waals surface area contributed by atoms with E-state index in [0.717, 1.165) is 19.3 Å². The molecule has 2 N–H and O–H groups in total. The molecule has 0 aromatic carbocycles. The molecule has 1 amide bonds. The van der Waals surface area contributed by atoms with E-state index in [2.05, 4.69) is 29.1 Å². The number of esters is 1. The first kappa shape index (κ1) is 17.5. The second-order valence-corrected chi connectivity index (χ2v) is 6.58. The minimum atomic E-state index is -0.584. The highest BCUT2D eigenvalue weighted by Gasteiger charge is 2.23. The average Bonchev–Trinajstić information content (AvgIpc) is 3.02. The van der Waals surface area contributed by atoms with Crippen LogP contribution in [0.4, 0.5) is 5.13 Å². The molecule has 6 nitrogen and oxygen atoms in total. The van der Waals surface area contributed by atoms with Crippen LogP contribution in [0.3, 0.4) is 0 Å². The number of carbonyl (C=O) groups excluding carboxylic acids is 2. The quantitative estimate of drug-likeness (QED) is 0.590. The Kier molecular flexibility index (Phi) is 6.58. The van der Waals surface area contributed by atoms with E-state index >= 15 is 0 Å². The highest BCUT2D eigenvalue weighted by Crippen LogP contribution is 2.23. The number of carbonyl (C=O) groups is 2. The third-order valence-electron chi connectivity index (χ3n) is 3.90. The third-order valence-corrected chi connectivity index (χ3v) is 4.70. The molecule has 1 aliphatic rings. The molecule has 1 aromatic heterocycles. The van der Waals surface area contributed by atoms with E-state index in [1.54, 1.807) is 11.5 Å². The fraction of sp³-hybridized carbons (Fsp3) is 0.562. The number of amides is 1. The minimum absolute atomic E-state index is 0.184. The monoisotopic (exact) mass is 337 g/mol. The van der Waals surface area contributed by atoms with Gasteiger partial charge in [-0.2, -0.15) is 0 Å². The largest absolute Gasteiger partial charge is 0.451 e. The van der Waals surface area contributed by atoms with Crippen LogP contribution in [0.1, 0.15) is 43.1 Å². The lowest BCUT2D eigenvalue weighted by molar-refractivity contribution is -0.125. The molecule has 1 aromatic rings. The van der Waals surface area contributed by atoms with Gasteiger partial charge in [-0.25, -0.2) is 9.78 Å². The molecule has 0 saturated heterocycles. The maximum Gasteiger partial charge on any atom is 0.358 e. The van der Waals surface area contributed by atoms with Crippen LogP contribution in [0.5, 0.6) is 0 Å². The number of thiazole rings is 1. The van der Waals surface area contributed by atoms with Crippen LogP contribution < -0.4 is 10.6 Å².